The van der Waals surface area contributed by atoms with Gasteiger partial charge in [-0.3, -0.25) is 4.90 Å². The summed E-state index contributed by atoms with van der Waals surface area (Å²) >= 11 is 0. The molecular formula is C16H34N2. The molecule has 0 aliphatic carbocycles. The number of piperazine rings is 1. The number of nitrogens with one attached hydrogen (secondary N) is 1. The molecule has 1 aliphatic heterocycles. The predicted molar refractivity (Wildman–Crippen MR) is 81.0 cm³/mol. The van der Waals surface area contributed by atoms with E-state index in [9.17, 15) is 0 Å². The fourth-order valence-corrected chi connectivity index (χ4v) is 2.92. The molecule has 0 amide bonds. The molecule has 18 heavy (non-hydrogen) atoms. The highest BCUT2D eigenvalue weighted by molar-refractivity contribution is 4.81. The molecule has 1 fully saturated rings. The van der Waals surface area contributed by atoms with Crippen molar-refractivity contribution in [3.63, 3.8) is 0 Å². The molecule has 0 saturated carbocycles. The molecule has 1 aliphatic rings. The number of rotatable bonds is 8. The summed E-state index contributed by atoms with van der Waals surface area (Å²) in [7, 11) is 0. The van der Waals surface area contributed by atoms with Crippen LogP contribution >= 0.6 is 0 Å². The highest BCUT2D eigenvalue weighted by Crippen LogP contribution is 2.15. The Hall–Kier alpha value is -0.0800. The molecule has 1 unspecified atom stereocenters. The first kappa shape index (κ1) is 16.0. The van der Waals surface area contributed by atoms with E-state index in [0.29, 0.717) is 0 Å². The summed E-state index contributed by atoms with van der Waals surface area (Å²) in [4.78, 5) is 2.71. The molecule has 1 atom stereocenters. The molecule has 0 bridgehead atoms. The van der Waals surface area contributed by atoms with Gasteiger partial charge in [0, 0.05) is 25.7 Å². The van der Waals surface area contributed by atoms with Crippen molar-refractivity contribution in [2.45, 2.75) is 65.8 Å². The zero-order chi connectivity index (χ0) is 13.4. The Morgan fingerprint density at radius 2 is 1.78 bits per heavy atom. The van der Waals surface area contributed by atoms with E-state index in [4.69, 9.17) is 0 Å². The van der Waals surface area contributed by atoms with Crippen molar-refractivity contribution >= 4 is 0 Å². The Bertz CT molecular complexity index is 201. The summed E-state index contributed by atoms with van der Waals surface area (Å²) in [6, 6.07) is 0.759. The topological polar surface area (TPSA) is 15.3 Å². The molecule has 1 heterocycles. The highest BCUT2D eigenvalue weighted by Gasteiger charge is 2.23. The normalized spacial score (nSPS) is 22.0. The van der Waals surface area contributed by atoms with E-state index >= 15 is 0 Å². The molecule has 1 rings (SSSR count). The van der Waals surface area contributed by atoms with E-state index in [-0.39, 0.29) is 0 Å². The van der Waals surface area contributed by atoms with Gasteiger partial charge in [-0.05, 0) is 24.8 Å². The number of hydrogen-bond donors (Lipinski definition) is 1. The third-order valence-corrected chi connectivity index (χ3v) is 4.14. The van der Waals surface area contributed by atoms with Gasteiger partial charge in [0.05, 0.1) is 0 Å². The first-order chi connectivity index (χ1) is 8.61. The van der Waals surface area contributed by atoms with Gasteiger partial charge in [0.25, 0.3) is 0 Å². The van der Waals surface area contributed by atoms with E-state index in [1.54, 1.807) is 0 Å². The van der Waals surface area contributed by atoms with Crippen LogP contribution in [0.2, 0.25) is 0 Å². The minimum Gasteiger partial charge on any atom is -0.314 e. The minimum absolute atomic E-state index is 0.759. The Kier molecular flexibility index (Phi) is 7.92. The van der Waals surface area contributed by atoms with E-state index in [0.717, 1.165) is 17.9 Å². The van der Waals surface area contributed by atoms with Crippen LogP contribution in [0.3, 0.4) is 0 Å². The summed E-state index contributed by atoms with van der Waals surface area (Å²) in [6.07, 6.45) is 7.06. The van der Waals surface area contributed by atoms with Gasteiger partial charge in [0.2, 0.25) is 0 Å². The van der Waals surface area contributed by atoms with Crippen molar-refractivity contribution in [2.24, 2.45) is 11.8 Å². The average Bonchev–Trinajstić information content (AvgIpc) is 2.33. The minimum atomic E-state index is 0.759. The van der Waals surface area contributed by atoms with Crippen molar-refractivity contribution in [1.82, 2.24) is 10.2 Å². The molecule has 0 aromatic heterocycles. The maximum absolute atomic E-state index is 3.53. The van der Waals surface area contributed by atoms with E-state index < -0.39 is 0 Å². The maximum atomic E-state index is 3.53. The summed E-state index contributed by atoms with van der Waals surface area (Å²) in [6.45, 7) is 14.3. The largest absolute Gasteiger partial charge is 0.314 e. The first-order valence-electron chi connectivity index (χ1n) is 8.06. The van der Waals surface area contributed by atoms with Crippen molar-refractivity contribution in [3.05, 3.63) is 0 Å². The van der Waals surface area contributed by atoms with Crippen LogP contribution in [0.25, 0.3) is 0 Å². The summed E-state index contributed by atoms with van der Waals surface area (Å²) in [5.74, 6) is 1.65. The maximum Gasteiger partial charge on any atom is 0.0244 e. The number of unbranched alkanes of at least 4 members (excludes halogenated alkanes) is 3. The molecule has 0 aromatic carbocycles. The van der Waals surface area contributed by atoms with Crippen molar-refractivity contribution in [2.75, 3.05) is 26.2 Å². The third-order valence-electron chi connectivity index (χ3n) is 4.14. The molecule has 2 heteroatoms. The van der Waals surface area contributed by atoms with Gasteiger partial charge in [-0.1, -0.05) is 53.4 Å². The van der Waals surface area contributed by atoms with Crippen molar-refractivity contribution < 1.29 is 0 Å². The molecule has 1 N–H and O–H groups in total. The van der Waals surface area contributed by atoms with Crippen LogP contribution < -0.4 is 5.32 Å². The first-order valence-corrected chi connectivity index (χ1v) is 8.06. The quantitative estimate of drug-likeness (QED) is 0.667. The van der Waals surface area contributed by atoms with E-state index in [1.165, 1.54) is 58.3 Å². The van der Waals surface area contributed by atoms with Gasteiger partial charge in [-0.15, -0.1) is 0 Å². The standard InChI is InChI=1S/C16H34N2/c1-14(2)9-7-5-6-8-11-18-12-10-17-13-16(18)15(3)4/h14-17H,5-13H2,1-4H3. The van der Waals surface area contributed by atoms with Gasteiger partial charge >= 0.3 is 0 Å². The van der Waals surface area contributed by atoms with Gasteiger partial charge in [-0.25, -0.2) is 0 Å². The molecule has 0 aromatic rings. The van der Waals surface area contributed by atoms with Crippen LogP contribution in [0.1, 0.15) is 59.8 Å². The van der Waals surface area contributed by atoms with Crippen LogP contribution in [-0.2, 0) is 0 Å². The van der Waals surface area contributed by atoms with Crippen LogP contribution in [0, 0.1) is 11.8 Å². The smallest absolute Gasteiger partial charge is 0.0244 e. The zero-order valence-corrected chi connectivity index (χ0v) is 13.0. The lowest BCUT2D eigenvalue weighted by Gasteiger charge is -2.38. The van der Waals surface area contributed by atoms with Crippen LogP contribution in [0.5, 0.6) is 0 Å². The number of nitrogens with zero attached hydrogens (tertiary/aromatic N) is 1. The molecule has 1 saturated heterocycles. The SMILES string of the molecule is CC(C)CCCCCCN1CCNCC1C(C)C. The highest BCUT2D eigenvalue weighted by atomic mass is 15.2. The molecule has 0 spiro atoms. The van der Waals surface area contributed by atoms with Crippen molar-refractivity contribution in [3.8, 4) is 0 Å². The fourth-order valence-electron chi connectivity index (χ4n) is 2.92. The van der Waals surface area contributed by atoms with Crippen LogP contribution in [-0.4, -0.2) is 37.1 Å². The van der Waals surface area contributed by atoms with Gasteiger partial charge in [0.1, 0.15) is 0 Å². The Labute approximate surface area is 115 Å². The molecule has 0 radical (unpaired) electrons. The van der Waals surface area contributed by atoms with E-state index in [1.807, 2.05) is 0 Å². The fraction of sp³-hybridized carbons (Fsp3) is 1.00. The predicted octanol–water partition coefficient (Wildman–Crippen LogP) is 3.52. The number of hydrogen-bond acceptors (Lipinski definition) is 2. The zero-order valence-electron chi connectivity index (χ0n) is 13.0. The third kappa shape index (κ3) is 6.19. The second-order valence-electron chi connectivity index (χ2n) is 6.65. The Balaban J connectivity index is 2.09. The summed E-state index contributed by atoms with van der Waals surface area (Å²) in [5, 5.41) is 3.53. The second-order valence-corrected chi connectivity index (χ2v) is 6.65. The Morgan fingerprint density at radius 1 is 1.06 bits per heavy atom. The van der Waals surface area contributed by atoms with Gasteiger partial charge < -0.3 is 5.32 Å². The van der Waals surface area contributed by atoms with Crippen LogP contribution in [0.4, 0.5) is 0 Å². The van der Waals surface area contributed by atoms with Gasteiger partial charge in [0.15, 0.2) is 0 Å². The molecule has 108 valence electrons. The lowest BCUT2D eigenvalue weighted by atomic mass is 9.99. The van der Waals surface area contributed by atoms with E-state index in [2.05, 4.69) is 37.9 Å². The lowest BCUT2D eigenvalue weighted by molar-refractivity contribution is 0.122. The lowest BCUT2D eigenvalue weighted by Crippen LogP contribution is -2.53. The van der Waals surface area contributed by atoms with Crippen molar-refractivity contribution in [1.29, 1.82) is 0 Å². The summed E-state index contributed by atoms with van der Waals surface area (Å²) in [5.41, 5.74) is 0. The summed E-state index contributed by atoms with van der Waals surface area (Å²) < 4.78 is 0. The monoisotopic (exact) mass is 254 g/mol. The average molecular weight is 254 g/mol. The molecular weight excluding hydrogens is 220 g/mol. The van der Waals surface area contributed by atoms with Crippen LogP contribution in [0.15, 0.2) is 0 Å². The van der Waals surface area contributed by atoms with Gasteiger partial charge in [-0.2, -0.15) is 0 Å². The molecule has 2 nitrogen and oxygen atoms in total. The Morgan fingerprint density at radius 3 is 2.44 bits per heavy atom. The second kappa shape index (κ2) is 8.92.